The van der Waals surface area contributed by atoms with Crippen molar-refractivity contribution in [3.63, 3.8) is 0 Å². The van der Waals surface area contributed by atoms with Crippen molar-refractivity contribution in [2.75, 3.05) is 20.3 Å². The Morgan fingerprint density at radius 3 is 2.53 bits per heavy atom. The Hall–Kier alpha value is -2.18. The van der Waals surface area contributed by atoms with E-state index in [9.17, 15) is 24.6 Å². The lowest BCUT2D eigenvalue weighted by Crippen LogP contribution is -2.58. The van der Waals surface area contributed by atoms with Crippen LogP contribution in [0.5, 0.6) is 11.5 Å². The van der Waals surface area contributed by atoms with Crippen LogP contribution in [-0.2, 0) is 9.59 Å². The molecule has 0 heterocycles. The van der Waals surface area contributed by atoms with Crippen LogP contribution in [0.3, 0.4) is 0 Å². The number of carbonyl (C=O) groups is 3. The summed E-state index contributed by atoms with van der Waals surface area (Å²) in [4.78, 5) is 39.7. The van der Waals surface area contributed by atoms with Crippen LogP contribution in [0.2, 0.25) is 0 Å². The number of hydrogen-bond acceptors (Lipinski definition) is 7. The average molecular weight is 643 g/mol. The second kappa shape index (κ2) is 14.8. The van der Waals surface area contributed by atoms with Gasteiger partial charge in [-0.05, 0) is 60.1 Å². The van der Waals surface area contributed by atoms with Crippen LogP contribution in [-0.4, -0.2) is 77.8 Å². The van der Waals surface area contributed by atoms with Crippen molar-refractivity contribution in [1.82, 2.24) is 10.2 Å². The molecule has 0 spiro atoms. The lowest BCUT2D eigenvalue weighted by Gasteiger charge is -2.44. The number of benzene rings is 1. The molecule has 0 radical (unpaired) electrons. The monoisotopic (exact) mass is 642 g/mol. The summed E-state index contributed by atoms with van der Waals surface area (Å²) < 4.78 is 12.4. The van der Waals surface area contributed by atoms with E-state index in [0.29, 0.717) is 45.3 Å². The third kappa shape index (κ3) is 7.47. The first-order valence-corrected chi connectivity index (χ1v) is 14.5. The maximum absolute atomic E-state index is 13.5. The third-order valence-electron chi connectivity index (χ3n) is 7.18. The predicted octanol–water partition coefficient (Wildman–Crippen LogP) is 3.38. The largest absolute Gasteiger partial charge is 0.493 e. The Morgan fingerprint density at radius 1 is 1.21 bits per heavy atom. The molecule has 0 bridgehead atoms. The Kier molecular flexibility index (Phi) is 11.9. The molecule has 3 N–H and O–H groups in total. The number of methoxy groups -OCH3 is 1. The molecule has 2 amide bonds. The number of hydrogen-bond donors (Lipinski definition) is 3. The molecule has 1 fully saturated rings. The van der Waals surface area contributed by atoms with E-state index < -0.39 is 18.2 Å². The number of nitrogens with one attached hydrogen (secondary N) is 1. The number of carbonyl (C=O) groups excluding carboxylic acids is 3. The molecule has 9 nitrogen and oxygen atoms in total. The molecule has 0 aliphatic heterocycles. The summed E-state index contributed by atoms with van der Waals surface area (Å²) in [6, 6.07) is 2.54. The molecular weight excluding hydrogens is 603 g/mol. The maximum atomic E-state index is 13.5. The van der Waals surface area contributed by atoms with Gasteiger partial charge in [-0.15, -0.1) is 0 Å². The van der Waals surface area contributed by atoms with Gasteiger partial charge in [0.2, 0.25) is 11.8 Å². The fourth-order valence-corrected chi connectivity index (χ4v) is 6.10. The second-order valence-electron chi connectivity index (χ2n) is 9.86. The van der Waals surface area contributed by atoms with Crippen LogP contribution in [0.1, 0.15) is 75.1 Å². The third-order valence-corrected chi connectivity index (χ3v) is 7.98. The minimum absolute atomic E-state index is 0.0155. The Morgan fingerprint density at radius 2 is 1.92 bits per heavy atom. The van der Waals surface area contributed by atoms with Crippen molar-refractivity contribution in [3.8, 4) is 11.5 Å². The lowest BCUT2D eigenvalue weighted by molar-refractivity contribution is -0.142. The van der Waals surface area contributed by atoms with Crippen molar-refractivity contribution < 1.29 is 34.1 Å². The van der Waals surface area contributed by atoms with Crippen molar-refractivity contribution in [2.24, 2.45) is 0 Å². The molecule has 1 saturated carbocycles. The van der Waals surface area contributed by atoms with Gasteiger partial charge >= 0.3 is 0 Å². The Balaban J connectivity index is 2.03. The van der Waals surface area contributed by atoms with Gasteiger partial charge in [-0.1, -0.05) is 32.6 Å². The number of aldehydes is 1. The molecule has 2 aliphatic rings. The molecule has 0 saturated heterocycles. The highest BCUT2D eigenvalue weighted by atomic mass is 127. The van der Waals surface area contributed by atoms with Crippen molar-refractivity contribution >= 4 is 40.7 Å². The zero-order valence-electron chi connectivity index (χ0n) is 22.2. The van der Waals surface area contributed by atoms with Gasteiger partial charge in [0.15, 0.2) is 11.5 Å². The normalized spacial score (nSPS) is 22.1. The van der Waals surface area contributed by atoms with Gasteiger partial charge in [0, 0.05) is 36.6 Å². The number of amides is 2. The fourth-order valence-electron chi connectivity index (χ4n) is 5.34. The standard InChI is InChI=1S/C28H39IN2O7/c1-3-8-25(34)31(20-9-6-4-5-7-10-20)22-15-19(28(36)30-11-12-32)16-23(26(22)35)38-27-21(29)13-18(17-33)14-24(27)37-2/h13-14,16-17,20,22-23,26,32,35H,3-12,15H2,1-2H3,(H,30,36)/t22-,23+,26+/m1/s1. The summed E-state index contributed by atoms with van der Waals surface area (Å²) in [5.74, 6) is 0.277. The average Bonchev–Trinajstić information content (AvgIpc) is 3.19. The Bertz CT molecular complexity index is 1010. The van der Waals surface area contributed by atoms with Gasteiger partial charge in [-0.3, -0.25) is 14.4 Å². The number of ether oxygens (including phenoxy) is 2. The lowest BCUT2D eigenvalue weighted by atomic mass is 9.86. The van der Waals surface area contributed by atoms with Gasteiger partial charge in [-0.2, -0.15) is 0 Å². The van der Waals surface area contributed by atoms with E-state index in [0.717, 1.165) is 38.5 Å². The summed E-state index contributed by atoms with van der Waals surface area (Å²) in [5, 5.41) is 23.6. The molecule has 2 aliphatic carbocycles. The van der Waals surface area contributed by atoms with Crippen LogP contribution in [0.25, 0.3) is 0 Å². The molecule has 10 heteroatoms. The molecule has 1 aromatic rings. The van der Waals surface area contributed by atoms with E-state index in [2.05, 4.69) is 5.32 Å². The summed E-state index contributed by atoms with van der Waals surface area (Å²) in [7, 11) is 1.47. The SMILES string of the molecule is CCCC(=O)N(C1CCCCCC1)[C@@H]1CC(C(=O)NCCO)=C[C@H](Oc2c(I)cc(C=O)cc2OC)[C@H]1O. The van der Waals surface area contributed by atoms with E-state index >= 15 is 0 Å². The smallest absolute Gasteiger partial charge is 0.247 e. The predicted molar refractivity (Wildman–Crippen MR) is 151 cm³/mol. The van der Waals surface area contributed by atoms with Crippen molar-refractivity contribution in [3.05, 3.63) is 32.9 Å². The number of halogens is 1. The molecule has 0 aromatic heterocycles. The highest BCUT2D eigenvalue weighted by molar-refractivity contribution is 14.1. The van der Waals surface area contributed by atoms with Crippen LogP contribution in [0.15, 0.2) is 23.8 Å². The topological polar surface area (TPSA) is 125 Å². The molecule has 1 aromatic carbocycles. The van der Waals surface area contributed by atoms with E-state index in [1.807, 2.05) is 34.4 Å². The fraction of sp³-hybridized carbons (Fsp3) is 0.607. The number of rotatable bonds is 11. The van der Waals surface area contributed by atoms with Gasteiger partial charge < -0.3 is 29.9 Å². The van der Waals surface area contributed by atoms with Gasteiger partial charge in [-0.25, -0.2) is 0 Å². The first-order chi connectivity index (χ1) is 18.3. The second-order valence-corrected chi connectivity index (χ2v) is 11.0. The minimum Gasteiger partial charge on any atom is -0.493 e. The molecule has 38 heavy (non-hydrogen) atoms. The van der Waals surface area contributed by atoms with Crippen LogP contribution < -0.4 is 14.8 Å². The van der Waals surface area contributed by atoms with E-state index in [1.54, 1.807) is 18.2 Å². The molecule has 0 unspecified atom stereocenters. The van der Waals surface area contributed by atoms with E-state index in [1.165, 1.54) is 7.11 Å². The molecular formula is C28H39IN2O7. The molecule has 3 atom stereocenters. The first kappa shape index (κ1) is 30.4. The van der Waals surface area contributed by atoms with E-state index in [-0.39, 0.29) is 37.4 Å². The van der Waals surface area contributed by atoms with Gasteiger partial charge in [0.25, 0.3) is 0 Å². The zero-order valence-corrected chi connectivity index (χ0v) is 24.3. The molecule has 210 valence electrons. The van der Waals surface area contributed by atoms with E-state index in [4.69, 9.17) is 9.47 Å². The van der Waals surface area contributed by atoms with Crippen molar-refractivity contribution in [2.45, 2.75) is 89.0 Å². The highest BCUT2D eigenvalue weighted by Crippen LogP contribution is 2.38. The van der Waals surface area contributed by atoms with Crippen LogP contribution in [0.4, 0.5) is 0 Å². The summed E-state index contributed by atoms with van der Waals surface area (Å²) in [5.41, 5.74) is 0.810. The number of aliphatic hydroxyl groups excluding tert-OH is 2. The first-order valence-electron chi connectivity index (χ1n) is 13.4. The minimum atomic E-state index is -1.10. The zero-order chi connectivity index (χ0) is 27.7. The maximum Gasteiger partial charge on any atom is 0.247 e. The van der Waals surface area contributed by atoms with Crippen LogP contribution >= 0.6 is 22.6 Å². The summed E-state index contributed by atoms with van der Waals surface area (Å²) in [6.45, 7) is 1.85. The highest BCUT2D eigenvalue weighted by Gasteiger charge is 2.43. The quantitative estimate of drug-likeness (QED) is 0.192. The number of nitrogens with zero attached hydrogens (tertiary/aromatic N) is 1. The van der Waals surface area contributed by atoms with Crippen LogP contribution in [0, 0.1) is 3.57 Å². The molecule has 3 rings (SSSR count). The summed E-state index contributed by atoms with van der Waals surface area (Å²) in [6.07, 6.45) is 7.48. The summed E-state index contributed by atoms with van der Waals surface area (Å²) >= 11 is 2.04. The van der Waals surface area contributed by atoms with Crippen molar-refractivity contribution in [1.29, 1.82) is 0 Å². The number of aliphatic hydroxyl groups is 2. The van der Waals surface area contributed by atoms with Gasteiger partial charge in [0.1, 0.15) is 18.5 Å². The van der Waals surface area contributed by atoms with Gasteiger partial charge in [0.05, 0.1) is 23.3 Å². The Labute approximate surface area is 238 Å².